The highest BCUT2D eigenvalue weighted by Crippen LogP contribution is 2.28. The normalized spacial score (nSPS) is 12.2. The van der Waals surface area contributed by atoms with Gasteiger partial charge in [0.15, 0.2) is 0 Å². The molecule has 2 aromatic rings. The lowest BCUT2D eigenvalue weighted by molar-refractivity contribution is 0.304. The maximum absolute atomic E-state index is 6.15. The van der Waals surface area contributed by atoms with E-state index in [2.05, 4.69) is 24.4 Å². The van der Waals surface area contributed by atoms with E-state index < -0.39 is 0 Å². The molecule has 2 aromatic carbocycles. The first-order chi connectivity index (χ1) is 10.0. The van der Waals surface area contributed by atoms with Crippen LogP contribution in [0.5, 0.6) is 5.75 Å². The molecule has 0 heterocycles. The van der Waals surface area contributed by atoms with Crippen molar-refractivity contribution in [1.29, 1.82) is 0 Å². The topological polar surface area (TPSA) is 21.3 Å². The van der Waals surface area contributed by atoms with Crippen LogP contribution in [0, 0.1) is 6.92 Å². The molecule has 0 aliphatic rings. The molecule has 0 saturated carbocycles. The van der Waals surface area contributed by atoms with Crippen molar-refractivity contribution in [1.82, 2.24) is 5.32 Å². The molecule has 1 N–H and O–H groups in total. The molecule has 1 atom stereocenters. The molecule has 0 spiro atoms. The minimum Gasteiger partial charge on any atom is -0.489 e. The fraction of sp³-hybridized carbons (Fsp3) is 0.294. The largest absolute Gasteiger partial charge is 0.489 e. The summed E-state index contributed by atoms with van der Waals surface area (Å²) in [5, 5.41) is 4.48. The molecule has 4 heteroatoms. The van der Waals surface area contributed by atoms with Crippen LogP contribution in [-0.4, -0.2) is 7.05 Å². The van der Waals surface area contributed by atoms with Crippen LogP contribution in [0.25, 0.3) is 0 Å². The summed E-state index contributed by atoms with van der Waals surface area (Å²) in [6.07, 6.45) is 0. The van der Waals surface area contributed by atoms with Gasteiger partial charge in [0.2, 0.25) is 0 Å². The second-order valence-corrected chi connectivity index (χ2v) is 5.84. The van der Waals surface area contributed by atoms with Crippen LogP contribution in [0.2, 0.25) is 10.0 Å². The fourth-order valence-electron chi connectivity index (χ4n) is 2.09. The Morgan fingerprint density at radius 3 is 2.38 bits per heavy atom. The Morgan fingerprint density at radius 1 is 1.14 bits per heavy atom. The fourth-order valence-corrected chi connectivity index (χ4v) is 2.60. The molecule has 0 aromatic heterocycles. The molecule has 0 bridgehead atoms. The van der Waals surface area contributed by atoms with E-state index in [0.29, 0.717) is 22.7 Å². The molecule has 0 aliphatic carbocycles. The van der Waals surface area contributed by atoms with Crippen molar-refractivity contribution in [2.75, 3.05) is 7.05 Å². The van der Waals surface area contributed by atoms with Gasteiger partial charge in [0, 0.05) is 21.7 Å². The highest BCUT2D eigenvalue weighted by molar-refractivity contribution is 6.35. The number of benzene rings is 2. The second-order valence-electron chi connectivity index (χ2n) is 5.02. The van der Waals surface area contributed by atoms with Crippen molar-refractivity contribution in [2.45, 2.75) is 26.5 Å². The van der Waals surface area contributed by atoms with Gasteiger partial charge in [0.1, 0.15) is 12.4 Å². The van der Waals surface area contributed by atoms with Crippen LogP contribution in [0.3, 0.4) is 0 Å². The monoisotopic (exact) mass is 323 g/mol. The Labute approximate surface area is 136 Å². The zero-order chi connectivity index (χ0) is 15.4. The Morgan fingerprint density at radius 2 is 1.81 bits per heavy atom. The lowest BCUT2D eigenvalue weighted by atomic mass is 10.1. The number of rotatable bonds is 5. The van der Waals surface area contributed by atoms with E-state index in [9.17, 15) is 0 Å². The standard InChI is InChI=1S/C17H19Cl2NO/c1-11-9-13(12(2)20-3)7-8-17(11)21-10-14-15(18)5-4-6-16(14)19/h4-9,12,20H,10H2,1-3H3. The van der Waals surface area contributed by atoms with Crippen molar-refractivity contribution >= 4 is 23.2 Å². The van der Waals surface area contributed by atoms with E-state index in [4.69, 9.17) is 27.9 Å². The summed E-state index contributed by atoms with van der Waals surface area (Å²) in [7, 11) is 1.95. The third kappa shape index (κ3) is 3.91. The quantitative estimate of drug-likeness (QED) is 0.820. The van der Waals surface area contributed by atoms with Gasteiger partial charge in [-0.3, -0.25) is 0 Å². The van der Waals surface area contributed by atoms with Gasteiger partial charge in [-0.15, -0.1) is 0 Å². The molecule has 21 heavy (non-hydrogen) atoms. The summed E-state index contributed by atoms with van der Waals surface area (Å²) in [5.41, 5.74) is 3.14. The number of ether oxygens (including phenoxy) is 1. The van der Waals surface area contributed by atoms with E-state index >= 15 is 0 Å². The summed E-state index contributed by atoms with van der Waals surface area (Å²) in [5.74, 6) is 0.845. The SMILES string of the molecule is CNC(C)c1ccc(OCc2c(Cl)cccc2Cl)c(C)c1. The van der Waals surface area contributed by atoms with Crippen molar-refractivity contribution < 1.29 is 4.74 Å². The van der Waals surface area contributed by atoms with Crippen molar-refractivity contribution in [3.05, 3.63) is 63.1 Å². The van der Waals surface area contributed by atoms with Gasteiger partial charge in [0.25, 0.3) is 0 Å². The van der Waals surface area contributed by atoms with Gasteiger partial charge in [-0.2, -0.15) is 0 Å². The van der Waals surface area contributed by atoms with Crippen LogP contribution in [-0.2, 0) is 6.61 Å². The molecule has 0 saturated heterocycles. The zero-order valence-electron chi connectivity index (χ0n) is 12.4. The smallest absolute Gasteiger partial charge is 0.122 e. The number of hydrogen-bond acceptors (Lipinski definition) is 2. The predicted molar refractivity (Wildman–Crippen MR) is 89.4 cm³/mol. The van der Waals surface area contributed by atoms with Crippen LogP contribution in [0.1, 0.15) is 29.7 Å². The summed E-state index contributed by atoms with van der Waals surface area (Å²) >= 11 is 12.3. The van der Waals surface area contributed by atoms with E-state index in [1.807, 2.05) is 38.2 Å². The zero-order valence-corrected chi connectivity index (χ0v) is 13.9. The van der Waals surface area contributed by atoms with Gasteiger partial charge < -0.3 is 10.1 Å². The maximum atomic E-state index is 6.15. The first-order valence-corrected chi connectivity index (χ1v) is 7.62. The minimum absolute atomic E-state index is 0.316. The highest BCUT2D eigenvalue weighted by Gasteiger charge is 2.09. The summed E-state index contributed by atoms with van der Waals surface area (Å²) in [4.78, 5) is 0. The molecular formula is C17H19Cl2NO. The third-order valence-electron chi connectivity index (χ3n) is 3.57. The number of nitrogens with one attached hydrogen (secondary N) is 1. The summed E-state index contributed by atoms with van der Waals surface area (Å²) in [6, 6.07) is 12.0. The molecule has 0 aliphatic heterocycles. The number of halogens is 2. The molecular weight excluding hydrogens is 305 g/mol. The second kappa shape index (κ2) is 7.17. The van der Waals surface area contributed by atoms with Crippen molar-refractivity contribution in [3.8, 4) is 5.75 Å². The number of hydrogen-bond donors (Lipinski definition) is 1. The predicted octanol–water partition coefficient (Wildman–Crippen LogP) is 5.16. The number of aryl methyl sites for hydroxylation is 1. The third-order valence-corrected chi connectivity index (χ3v) is 4.27. The lowest BCUT2D eigenvalue weighted by Gasteiger charge is -2.15. The molecule has 2 nitrogen and oxygen atoms in total. The Hall–Kier alpha value is -1.22. The van der Waals surface area contributed by atoms with Crippen LogP contribution in [0.4, 0.5) is 0 Å². The molecule has 0 radical (unpaired) electrons. The maximum Gasteiger partial charge on any atom is 0.122 e. The van der Waals surface area contributed by atoms with Gasteiger partial charge >= 0.3 is 0 Å². The van der Waals surface area contributed by atoms with Crippen LogP contribution < -0.4 is 10.1 Å². The average molecular weight is 324 g/mol. The van der Waals surface area contributed by atoms with E-state index in [0.717, 1.165) is 16.9 Å². The van der Waals surface area contributed by atoms with Gasteiger partial charge in [-0.1, -0.05) is 41.4 Å². The Balaban J connectivity index is 2.14. The van der Waals surface area contributed by atoms with Crippen molar-refractivity contribution in [3.63, 3.8) is 0 Å². The van der Waals surface area contributed by atoms with Crippen LogP contribution >= 0.6 is 23.2 Å². The van der Waals surface area contributed by atoms with Gasteiger partial charge in [-0.25, -0.2) is 0 Å². The van der Waals surface area contributed by atoms with E-state index in [1.54, 1.807) is 0 Å². The van der Waals surface area contributed by atoms with Crippen molar-refractivity contribution in [2.24, 2.45) is 0 Å². The Kier molecular flexibility index (Phi) is 5.51. The molecule has 112 valence electrons. The van der Waals surface area contributed by atoms with E-state index in [1.165, 1.54) is 5.56 Å². The Bertz CT molecular complexity index is 608. The molecule has 0 fully saturated rings. The minimum atomic E-state index is 0.316. The first kappa shape index (κ1) is 16.2. The summed E-state index contributed by atoms with van der Waals surface area (Å²) in [6.45, 7) is 4.52. The lowest BCUT2D eigenvalue weighted by Crippen LogP contribution is -2.12. The van der Waals surface area contributed by atoms with Crippen LogP contribution in [0.15, 0.2) is 36.4 Å². The van der Waals surface area contributed by atoms with Gasteiger partial charge in [0.05, 0.1) is 0 Å². The first-order valence-electron chi connectivity index (χ1n) is 6.86. The molecule has 1 unspecified atom stereocenters. The average Bonchev–Trinajstić information content (AvgIpc) is 2.47. The molecule has 2 rings (SSSR count). The van der Waals surface area contributed by atoms with Gasteiger partial charge in [-0.05, 0) is 50.2 Å². The van der Waals surface area contributed by atoms with E-state index in [-0.39, 0.29) is 0 Å². The summed E-state index contributed by atoms with van der Waals surface area (Å²) < 4.78 is 5.86. The molecule has 0 amide bonds. The highest BCUT2D eigenvalue weighted by atomic mass is 35.5.